The predicted octanol–water partition coefficient (Wildman–Crippen LogP) is 1.78. The smallest absolute Gasteiger partial charge is 0.208 e. The molecule has 0 aliphatic rings. The molecule has 5 heteroatoms. The van der Waals surface area contributed by atoms with Gasteiger partial charge in [0.2, 0.25) is 5.96 Å². The lowest BCUT2D eigenvalue weighted by Gasteiger charge is -2.28. The van der Waals surface area contributed by atoms with E-state index in [1.807, 2.05) is 43.1 Å². The van der Waals surface area contributed by atoms with Crippen LogP contribution in [0.4, 0.5) is 0 Å². The minimum absolute atomic E-state index is 0.100. The highest BCUT2D eigenvalue weighted by Crippen LogP contribution is 2.25. The summed E-state index contributed by atoms with van der Waals surface area (Å²) < 4.78 is 0. The van der Waals surface area contributed by atoms with E-state index in [0.29, 0.717) is 5.96 Å². The third-order valence-electron chi connectivity index (χ3n) is 2.61. The van der Waals surface area contributed by atoms with Gasteiger partial charge in [-0.1, -0.05) is 29.8 Å². The molecule has 1 rings (SSSR count). The molecular weight excluding hydrogens is 224 g/mol. The number of nitrogens with two attached hydrogens (primary N) is 1. The van der Waals surface area contributed by atoms with E-state index in [-0.39, 0.29) is 6.04 Å². The largest absolute Gasteiger partial charge is 0.338 e. The average Bonchev–Trinajstić information content (AvgIpc) is 2.30. The number of aliphatic imine (C=N–C) groups is 1. The molecule has 3 N–H and O–H groups in total. The lowest BCUT2D eigenvalue weighted by Crippen LogP contribution is -2.43. The van der Waals surface area contributed by atoms with E-state index in [4.69, 9.17) is 17.4 Å². The Kier molecular flexibility index (Phi) is 4.58. The van der Waals surface area contributed by atoms with Crippen molar-refractivity contribution in [2.24, 2.45) is 10.8 Å². The van der Waals surface area contributed by atoms with E-state index in [0.717, 1.165) is 10.6 Å². The van der Waals surface area contributed by atoms with Gasteiger partial charge in [-0.3, -0.25) is 10.4 Å². The molecule has 0 bridgehead atoms. The molecule has 16 heavy (non-hydrogen) atoms. The van der Waals surface area contributed by atoms with E-state index < -0.39 is 0 Å². The van der Waals surface area contributed by atoms with Gasteiger partial charge < -0.3 is 4.90 Å². The fraction of sp³-hybridized carbons (Fsp3) is 0.364. The van der Waals surface area contributed by atoms with Crippen LogP contribution in [0, 0.1) is 0 Å². The van der Waals surface area contributed by atoms with Crippen molar-refractivity contribution in [3.63, 3.8) is 0 Å². The van der Waals surface area contributed by atoms with Crippen LogP contribution in [0.1, 0.15) is 18.5 Å². The summed E-state index contributed by atoms with van der Waals surface area (Å²) in [6, 6.07) is 7.84. The zero-order valence-electron chi connectivity index (χ0n) is 9.74. The standard InChI is InChI=1S/C11H17ClN4/c1-8(16(3)11(14-2)15-13)9-6-4-5-7-10(9)12/h4-8H,13H2,1-3H3,(H,14,15). The Hall–Kier alpha value is -1.26. The second kappa shape index (κ2) is 5.72. The quantitative estimate of drug-likeness (QED) is 0.359. The van der Waals surface area contributed by atoms with E-state index in [1.165, 1.54) is 0 Å². The topological polar surface area (TPSA) is 53.6 Å². The molecule has 0 spiro atoms. The molecule has 0 aromatic heterocycles. The molecule has 1 unspecified atom stereocenters. The van der Waals surface area contributed by atoms with Crippen molar-refractivity contribution >= 4 is 17.6 Å². The minimum Gasteiger partial charge on any atom is -0.338 e. The molecular formula is C11H17ClN4. The maximum Gasteiger partial charge on any atom is 0.208 e. The Morgan fingerprint density at radius 1 is 1.50 bits per heavy atom. The molecule has 1 aromatic rings. The first-order chi connectivity index (χ1) is 7.61. The van der Waals surface area contributed by atoms with Crippen LogP contribution in [0.3, 0.4) is 0 Å². The first-order valence-electron chi connectivity index (χ1n) is 5.02. The number of nitrogens with one attached hydrogen (secondary N) is 1. The van der Waals surface area contributed by atoms with E-state index >= 15 is 0 Å². The first-order valence-corrected chi connectivity index (χ1v) is 5.40. The Bertz CT molecular complexity index is 378. The van der Waals surface area contributed by atoms with Gasteiger partial charge >= 0.3 is 0 Å². The number of halogens is 1. The number of guanidine groups is 1. The van der Waals surface area contributed by atoms with E-state index in [1.54, 1.807) is 7.05 Å². The van der Waals surface area contributed by atoms with Crippen LogP contribution in [-0.4, -0.2) is 25.0 Å². The zero-order valence-corrected chi connectivity index (χ0v) is 10.5. The maximum atomic E-state index is 6.14. The molecule has 0 fully saturated rings. The molecule has 0 aliphatic carbocycles. The van der Waals surface area contributed by atoms with Crippen LogP contribution < -0.4 is 11.3 Å². The second-order valence-corrected chi connectivity index (χ2v) is 3.91. The van der Waals surface area contributed by atoms with Gasteiger partial charge in [0.25, 0.3) is 0 Å². The molecule has 88 valence electrons. The van der Waals surface area contributed by atoms with E-state index in [9.17, 15) is 0 Å². The van der Waals surface area contributed by atoms with Gasteiger partial charge in [0.15, 0.2) is 0 Å². The fourth-order valence-electron chi connectivity index (χ4n) is 1.53. The van der Waals surface area contributed by atoms with E-state index in [2.05, 4.69) is 10.4 Å². The number of benzene rings is 1. The normalized spacial score (nSPS) is 13.4. The molecule has 0 heterocycles. The Labute approximate surface area is 101 Å². The van der Waals surface area contributed by atoms with Gasteiger partial charge in [0.1, 0.15) is 0 Å². The molecule has 0 saturated carbocycles. The monoisotopic (exact) mass is 240 g/mol. The van der Waals surface area contributed by atoms with Gasteiger partial charge in [0.05, 0.1) is 6.04 Å². The fourth-order valence-corrected chi connectivity index (χ4v) is 1.82. The van der Waals surface area contributed by atoms with Crippen molar-refractivity contribution in [3.8, 4) is 0 Å². The molecule has 0 radical (unpaired) electrons. The van der Waals surface area contributed by atoms with Crippen LogP contribution >= 0.6 is 11.6 Å². The summed E-state index contributed by atoms with van der Waals surface area (Å²) in [5.74, 6) is 6.00. The molecule has 1 atom stereocenters. The predicted molar refractivity (Wildman–Crippen MR) is 68.3 cm³/mol. The van der Waals surface area contributed by atoms with Gasteiger partial charge in [-0.15, -0.1) is 0 Å². The number of hydrogen-bond acceptors (Lipinski definition) is 2. The molecule has 1 aromatic carbocycles. The van der Waals surface area contributed by atoms with Crippen molar-refractivity contribution < 1.29 is 0 Å². The van der Waals surface area contributed by atoms with Gasteiger partial charge in [-0.2, -0.15) is 0 Å². The highest BCUT2D eigenvalue weighted by atomic mass is 35.5. The average molecular weight is 241 g/mol. The highest BCUT2D eigenvalue weighted by Gasteiger charge is 2.16. The summed E-state index contributed by atoms with van der Waals surface area (Å²) in [6.45, 7) is 2.05. The first kappa shape index (κ1) is 12.8. The van der Waals surface area contributed by atoms with Crippen LogP contribution in [0.25, 0.3) is 0 Å². The lowest BCUT2D eigenvalue weighted by atomic mass is 10.1. The second-order valence-electron chi connectivity index (χ2n) is 3.50. The summed E-state index contributed by atoms with van der Waals surface area (Å²) in [5.41, 5.74) is 3.60. The number of nitrogens with zero attached hydrogens (tertiary/aromatic N) is 2. The zero-order chi connectivity index (χ0) is 12.1. The summed E-state index contributed by atoms with van der Waals surface area (Å²) in [7, 11) is 3.60. The maximum absolute atomic E-state index is 6.14. The van der Waals surface area contributed by atoms with Crippen LogP contribution in [0.5, 0.6) is 0 Å². The summed E-state index contributed by atoms with van der Waals surface area (Å²) >= 11 is 6.14. The lowest BCUT2D eigenvalue weighted by molar-refractivity contribution is 0.388. The molecule has 0 aliphatic heterocycles. The third kappa shape index (κ3) is 2.65. The summed E-state index contributed by atoms with van der Waals surface area (Å²) in [6.07, 6.45) is 0. The number of hydrogen-bond donors (Lipinski definition) is 2. The van der Waals surface area contributed by atoms with Gasteiger partial charge in [0, 0.05) is 19.1 Å². The van der Waals surface area contributed by atoms with Crippen LogP contribution in [-0.2, 0) is 0 Å². The van der Waals surface area contributed by atoms with Crippen molar-refractivity contribution in [2.45, 2.75) is 13.0 Å². The van der Waals surface area contributed by atoms with Crippen molar-refractivity contribution in [1.29, 1.82) is 0 Å². The summed E-state index contributed by atoms with van der Waals surface area (Å²) in [5, 5.41) is 0.745. The Morgan fingerprint density at radius 3 is 2.62 bits per heavy atom. The third-order valence-corrected chi connectivity index (χ3v) is 2.96. The number of rotatable bonds is 2. The highest BCUT2D eigenvalue weighted by molar-refractivity contribution is 6.31. The SMILES string of the molecule is CN=C(NN)N(C)C(C)c1ccccc1Cl. The Morgan fingerprint density at radius 2 is 2.12 bits per heavy atom. The van der Waals surface area contributed by atoms with Crippen molar-refractivity contribution in [2.75, 3.05) is 14.1 Å². The Balaban J connectivity index is 2.94. The molecule has 0 saturated heterocycles. The van der Waals surface area contributed by atoms with Crippen molar-refractivity contribution in [3.05, 3.63) is 34.9 Å². The van der Waals surface area contributed by atoms with Crippen LogP contribution in [0.2, 0.25) is 5.02 Å². The minimum atomic E-state index is 0.100. The molecule has 4 nitrogen and oxygen atoms in total. The van der Waals surface area contributed by atoms with Crippen LogP contribution in [0.15, 0.2) is 29.3 Å². The van der Waals surface area contributed by atoms with Gasteiger partial charge in [-0.05, 0) is 18.6 Å². The molecule has 0 amide bonds. The van der Waals surface area contributed by atoms with Gasteiger partial charge in [-0.25, -0.2) is 5.84 Å². The van der Waals surface area contributed by atoms with Crippen molar-refractivity contribution in [1.82, 2.24) is 10.3 Å². The number of hydrazine groups is 1. The summed E-state index contributed by atoms with van der Waals surface area (Å²) in [4.78, 5) is 5.98.